The van der Waals surface area contributed by atoms with Crippen LogP contribution in [-0.2, 0) is 11.3 Å². The molecule has 0 amide bonds. The molecule has 1 aromatic rings. The van der Waals surface area contributed by atoms with Gasteiger partial charge in [-0.3, -0.25) is 4.79 Å². The molecule has 1 aromatic carbocycles. The third-order valence-corrected chi connectivity index (χ3v) is 5.96. The molecule has 0 radical (unpaired) electrons. The number of rotatable bonds is 9. The van der Waals surface area contributed by atoms with Gasteiger partial charge in [-0.2, -0.15) is 0 Å². The highest BCUT2D eigenvalue weighted by Gasteiger charge is 2.42. The van der Waals surface area contributed by atoms with Gasteiger partial charge in [0.2, 0.25) is 0 Å². The van der Waals surface area contributed by atoms with Crippen molar-refractivity contribution < 1.29 is 9.90 Å². The van der Waals surface area contributed by atoms with Crippen LogP contribution in [0.4, 0.5) is 0 Å². The monoisotopic (exact) mass is 403 g/mol. The second-order valence-corrected chi connectivity index (χ2v) is 8.08. The number of allylic oxidation sites excluding steroid dienone is 4. The summed E-state index contributed by atoms with van der Waals surface area (Å²) in [6.45, 7) is 1.94. The van der Waals surface area contributed by atoms with E-state index in [1.807, 2.05) is 0 Å². The van der Waals surface area contributed by atoms with Crippen molar-refractivity contribution in [2.45, 2.75) is 32.2 Å². The average Bonchev–Trinajstić information content (AvgIpc) is 3.18. The highest BCUT2D eigenvalue weighted by molar-refractivity contribution is 9.10. The molecular weight excluding hydrogens is 378 g/mol. The summed E-state index contributed by atoms with van der Waals surface area (Å²) in [5.74, 6) is 1.90. The zero-order valence-electron chi connectivity index (χ0n) is 14.4. The van der Waals surface area contributed by atoms with Crippen LogP contribution in [0, 0.1) is 23.7 Å². The number of carbonyl (C=O) groups is 1. The first-order chi connectivity index (χ1) is 12.1. The van der Waals surface area contributed by atoms with Crippen molar-refractivity contribution in [2.75, 3.05) is 6.54 Å². The molecule has 1 fully saturated rings. The molecule has 0 aliphatic heterocycles. The molecule has 25 heavy (non-hydrogen) atoms. The summed E-state index contributed by atoms with van der Waals surface area (Å²) in [6.07, 6.45) is 12.4. The molecule has 2 N–H and O–H groups in total. The summed E-state index contributed by atoms with van der Waals surface area (Å²) in [5, 5.41) is 12.3. The van der Waals surface area contributed by atoms with E-state index in [4.69, 9.17) is 5.11 Å². The van der Waals surface area contributed by atoms with E-state index in [1.54, 1.807) is 0 Å². The molecule has 2 aliphatic carbocycles. The van der Waals surface area contributed by atoms with E-state index < -0.39 is 5.97 Å². The number of benzene rings is 1. The highest BCUT2D eigenvalue weighted by atomic mass is 79.9. The van der Waals surface area contributed by atoms with Gasteiger partial charge in [0.15, 0.2) is 0 Å². The second kappa shape index (κ2) is 8.81. The fourth-order valence-electron chi connectivity index (χ4n) is 4.15. The molecule has 0 spiro atoms. The Morgan fingerprint density at radius 1 is 1.24 bits per heavy atom. The van der Waals surface area contributed by atoms with Gasteiger partial charge < -0.3 is 10.4 Å². The van der Waals surface area contributed by atoms with E-state index in [1.165, 1.54) is 12.0 Å². The Kier molecular flexibility index (Phi) is 6.49. The average molecular weight is 404 g/mol. The van der Waals surface area contributed by atoms with Crippen LogP contribution in [0.25, 0.3) is 0 Å². The van der Waals surface area contributed by atoms with Crippen LogP contribution in [-0.4, -0.2) is 17.6 Å². The zero-order chi connectivity index (χ0) is 17.6. The lowest BCUT2D eigenvalue weighted by molar-refractivity contribution is -0.137. The van der Waals surface area contributed by atoms with E-state index in [9.17, 15) is 4.79 Å². The molecule has 2 aliphatic rings. The van der Waals surface area contributed by atoms with Crippen LogP contribution in [0.15, 0.2) is 53.0 Å². The van der Waals surface area contributed by atoms with E-state index >= 15 is 0 Å². The van der Waals surface area contributed by atoms with E-state index in [-0.39, 0.29) is 6.42 Å². The Hall–Kier alpha value is -1.39. The summed E-state index contributed by atoms with van der Waals surface area (Å²) in [7, 11) is 0. The van der Waals surface area contributed by atoms with Gasteiger partial charge in [-0.15, -0.1) is 0 Å². The SMILES string of the molecule is O=C(O)CCC/C=C\[C@H]1[C@H](CNCc2ccc(Br)cc2)[C@H]2C=C[C@@H]1C2. The van der Waals surface area contributed by atoms with Crippen molar-refractivity contribution in [3.8, 4) is 0 Å². The lowest BCUT2D eigenvalue weighted by atomic mass is 9.82. The van der Waals surface area contributed by atoms with E-state index in [0.717, 1.165) is 30.4 Å². The summed E-state index contributed by atoms with van der Waals surface area (Å²) >= 11 is 3.47. The normalized spacial score (nSPS) is 27.4. The van der Waals surface area contributed by atoms with Crippen LogP contribution in [0.1, 0.15) is 31.2 Å². The minimum atomic E-state index is -0.703. The molecule has 1 saturated carbocycles. The minimum Gasteiger partial charge on any atom is -0.481 e. The summed E-state index contributed by atoms with van der Waals surface area (Å²) in [4.78, 5) is 10.6. The van der Waals surface area contributed by atoms with Crippen LogP contribution in [0.3, 0.4) is 0 Å². The quantitative estimate of drug-likeness (QED) is 0.460. The predicted octanol–water partition coefficient (Wildman–Crippen LogP) is 4.79. The molecule has 3 nitrogen and oxygen atoms in total. The lowest BCUT2D eigenvalue weighted by Crippen LogP contribution is -2.30. The molecule has 3 rings (SSSR count). The molecule has 0 aromatic heterocycles. The number of hydrogen-bond acceptors (Lipinski definition) is 2. The van der Waals surface area contributed by atoms with Crippen molar-refractivity contribution in [1.82, 2.24) is 5.32 Å². The van der Waals surface area contributed by atoms with E-state index in [0.29, 0.717) is 23.7 Å². The maximum absolute atomic E-state index is 10.6. The second-order valence-electron chi connectivity index (χ2n) is 7.16. The first kappa shape index (κ1) is 18.4. The minimum absolute atomic E-state index is 0.263. The Balaban J connectivity index is 1.48. The molecule has 2 bridgehead atoms. The fraction of sp³-hybridized carbons (Fsp3) is 0.476. The summed E-state index contributed by atoms with van der Waals surface area (Å²) < 4.78 is 1.11. The van der Waals surface area contributed by atoms with Crippen LogP contribution < -0.4 is 5.32 Å². The molecule has 0 saturated heterocycles. The largest absolute Gasteiger partial charge is 0.481 e. The van der Waals surface area contributed by atoms with Crippen molar-refractivity contribution in [3.05, 3.63) is 58.6 Å². The number of unbranched alkanes of at least 4 members (excludes halogenated alkanes) is 1. The number of carboxylic acids is 1. The lowest BCUT2D eigenvalue weighted by Gasteiger charge is -2.26. The summed E-state index contributed by atoms with van der Waals surface area (Å²) in [5.41, 5.74) is 1.31. The molecule has 4 heteroatoms. The number of hydrogen-bond donors (Lipinski definition) is 2. The van der Waals surface area contributed by atoms with Gasteiger partial charge in [-0.25, -0.2) is 0 Å². The Morgan fingerprint density at radius 2 is 2.00 bits per heavy atom. The maximum Gasteiger partial charge on any atom is 0.303 e. The van der Waals surface area contributed by atoms with Crippen molar-refractivity contribution in [3.63, 3.8) is 0 Å². The summed E-state index contributed by atoms with van der Waals surface area (Å²) in [6, 6.07) is 8.47. The molecular formula is C21H26BrNO2. The van der Waals surface area contributed by atoms with E-state index in [2.05, 4.69) is 69.8 Å². The Labute approximate surface area is 158 Å². The molecule has 0 heterocycles. The van der Waals surface area contributed by atoms with Gasteiger partial charge in [0.25, 0.3) is 0 Å². The third kappa shape index (κ3) is 5.05. The Morgan fingerprint density at radius 3 is 2.76 bits per heavy atom. The number of fused-ring (bicyclic) bond motifs is 2. The van der Waals surface area contributed by atoms with Crippen molar-refractivity contribution >= 4 is 21.9 Å². The van der Waals surface area contributed by atoms with Gasteiger partial charge in [-0.1, -0.05) is 52.4 Å². The number of halogens is 1. The molecule has 0 unspecified atom stereocenters. The van der Waals surface area contributed by atoms with Crippen LogP contribution >= 0.6 is 15.9 Å². The number of nitrogens with one attached hydrogen (secondary N) is 1. The topological polar surface area (TPSA) is 49.3 Å². The van der Waals surface area contributed by atoms with Crippen molar-refractivity contribution in [1.29, 1.82) is 0 Å². The predicted molar refractivity (Wildman–Crippen MR) is 104 cm³/mol. The van der Waals surface area contributed by atoms with Crippen LogP contribution in [0.5, 0.6) is 0 Å². The fourth-order valence-corrected chi connectivity index (χ4v) is 4.41. The first-order valence-electron chi connectivity index (χ1n) is 9.15. The van der Waals surface area contributed by atoms with Gasteiger partial charge in [0.05, 0.1) is 0 Å². The van der Waals surface area contributed by atoms with Gasteiger partial charge in [0.1, 0.15) is 0 Å². The van der Waals surface area contributed by atoms with Crippen LogP contribution in [0.2, 0.25) is 0 Å². The Bertz CT molecular complexity index is 638. The van der Waals surface area contributed by atoms with Crippen molar-refractivity contribution in [2.24, 2.45) is 23.7 Å². The number of carboxylic acid groups (broad SMARTS) is 1. The van der Waals surface area contributed by atoms with Gasteiger partial charge in [0, 0.05) is 17.4 Å². The highest BCUT2D eigenvalue weighted by Crippen LogP contribution is 2.48. The third-order valence-electron chi connectivity index (χ3n) is 5.43. The van der Waals surface area contributed by atoms with Gasteiger partial charge in [-0.05, 0) is 67.2 Å². The standard InChI is InChI=1S/C21H26BrNO2/c22-18-10-6-15(7-11-18)13-23-14-20-17-9-8-16(12-17)19(20)4-2-1-3-5-21(24)25/h2,4,6-11,16-17,19-20,23H,1,3,5,12-14H2,(H,24,25)/b4-2-/t16-,17+,19-,20-/m1/s1. The molecule has 134 valence electrons. The maximum atomic E-state index is 10.6. The molecule has 4 atom stereocenters. The number of aliphatic carboxylic acids is 1. The van der Waals surface area contributed by atoms with Gasteiger partial charge >= 0.3 is 5.97 Å². The first-order valence-corrected chi connectivity index (χ1v) is 9.94. The smallest absolute Gasteiger partial charge is 0.303 e. The zero-order valence-corrected chi connectivity index (χ0v) is 16.0.